The van der Waals surface area contributed by atoms with E-state index < -0.39 is 0 Å². The number of hydrogen-bond donors (Lipinski definition) is 1. The molecule has 3 aliphatic rings. The highest BCUT2D eigenvalue weighted by Crippen LogP contribution is 2.39. The van der Waals surface area contributed by atoms with E-state index in [-0.39, 0.29) is 5.54 Å². The van der Waals surface area contributed by atoms with E-state index in [0.717, 1.165) is 31.2 Å². The molecule has 1 saturated heterocycles. The van der Waals surface area contributed by atoms with Crippen molar-refractivity contribution in [2.45, 2.75) is 76.3 Å². The first-order valence-electron chi connectivity index (χ1n) is 9.16. The number of fused-ring (bicyclic) bond motifs is 1. The van der Waals surface area contributed by atoms with Crippen molar-refractivity contribution in [1.29, 1.82) is 5.26 Å². The van der Waals surface area contributed by atoms with Crippen molar-refractivity contribution in [1.82, 2.24) is 10.2 Å². The van der Waals surface area contributed by atoms with Crippen LogP contribution in [0.3, 0.4) is 0 Å². The van der Waals surface area contributed by atoms with Gasteiger partial charge in [0.25, 0.3) is 0 Å². The summed E-state index contributed by atoms with van der Waals surface area (Å²) in [5.41, 5.74) is -0.249. The fourth-order valence-corrected chi connectivity index (χ4v) is 5.16. The van der Waals surface area contributed by atoms with E-state index in [1.807, 2.05) is 0 Å². The maximum absolute atomic E-state index is 9.65. The highest BCUT2D eigenvalue weighted by Gasteiger charge is 2.40. The first-order valence-corrected chi connectivity index (χ1v) is 9.16. The Balaban J connectivity index is 1.62. The molecule has 0 aromatic carbocycles. The van der Waals surface area contributed by atoms with Crippen LogP contribution in [0.5, 0.6) is 0 Å². The number of rotatable bonds is 3. The predicted octanol–water partition coefficient (Wildman–Crippen LogP) is 3.31. The average molecular weight is 289 g/mol. The molecule has 3 heteroatoms. The molecule has 1 heterocycles. The molecule has 21 heavy (non-hydrogen) atoms. The Morgan fingerprint density at radius 1 is 1.14 bits per heavy atom. The fraction of sp³-hybridized carbons (Fsp3) is 0.944. The molecule has 0 spiro atoms. The van der Waals surface area contributed by atoms with Gasteiger partial charge >= 0.3 is 0 Å². The molecule has 0 bridgehead atoms. The van der Waals surface area contributed by atoms with Crippen molar-refractivity contribution in [3.8, 4) is 6.07 Å². The van der Waals surface area contributed by atoms with E-state index >= 15 is 0 Å². The summed E-state index contributed by atoms with van der Waals surface area (Å²) >= 11 is 0. The molecule has 4 atom stereocenters. The fourth-order valence-electron chi connectivity index (χ4n) is 5.16. The van der Waals surface area contributed by atoms with E-state index in [1.54, 1.807) is 0 Å². The van der Waals surface area contributed by atoms with Crippen LogP contribution in [-0.4, -0.2) is 36.1 Å². The van der Waals surface area contributed by atoms with Crippen LogP contribution in [0.25, 0.3) is 0 Å². The van der Waals surface area contributed by atoms with Crippen molar-refractivity contribution < 1.29 is 0 Å². The van der Waals surface area contributed by atoms with Crippen molar-refractivity contribution in [2.24, 2.45) is 11.8 Å². The Labute approximate surface area is 130 Å². The van der Waals surface area contributed by atoms with Crippen molar-refractivity contribution in [3.05, 3.63) is 0 Å². The minimum atomic E-state index is -0.249. The Bertz CT molecular complexity index is 384. The van der Waals surface area contributed by atoms with Gasteiger partial charge in [-0.05, 0) is 63.5 Å². The SMILES string of the molecule is CCNC1(C#N)CCCC(N2CCC3CCCCC3C2)C1. The molecule has 0 radical (unpaired) electrons. The van der Waals surface area contributed by atoms with Gasteiger partial charge in [-0.1, -0.05) is 26.2 Å². The molecule has 1 N–H and O–H groups in total. The standard InChI is InChI=1S/C18H31N3/c1-2-20-18(14-19)10-5-8-17(12-18)21-11-9-15-6-3-4-7-16(15)13-21/h15-17,20H,2-13H2,1H3. The Hall–Kier alpha value is -0.590. The Kier molecular flexibility index (Phi) is 4.86. The average Bonchev–Trinajstić information content (AvgIpc) is 2.55. The summed E-state index contributed by atoms with van der Waals surface area (Å²) in [7, 11) is 0. The van der Waals surface area contributed by atoms with E-state index in [9.17, 15) is 5.26 Å². The third-order valence-electron chi connectivity index (χ3n) is 6.29. The predicted molar refractivity (Wildman–Crippen MR) is 85.9 cm³/mol. The van der Waals surface area contributed by atoms with Crippen LogP contribution in [0.1, 0.15) is 64.7 Å². The Morgan fingerprint density at radius 3 is 2.71 bits per heavy atom. The van der Waals surface area contributed by atoms with Gasteiger partial charge in [0.2, 0.25) is 0 Å². The largest absolute Gasteiger partial charge is 0.300 e. The lowest BCUT2D eigenvalue weighted by Gasteiger charge is -2.47. The molecule has 0 amide bonds. The monoisotopic (exact) mass is 289 g/mol. The third kappa shape index (κ3) is 3.27. The molecular weight excluding hydrogens is 258 g/mol. The lowest BCUT2D eigenvalue weighted by atomic mass is 9.73. The molecule has 2 saturated carbocycles. The molecule has 3 rings (SSSR count). The smallest absolute Gasteiger partial charge is 0.108 e. The summed E-state index contributed by atoms with van der Waals surface area (Å²) in [6.07, 6.45) is 11.8. The topological polar surface area (TPSA) is 39.1 Å². The minimum Gasteiger partial charge on any atom is -0.300 e. The quantitative estimate of drug-likeness (QED) is 0.866. The maximum Gasteiger partial charge on any atom is 0.108 e. The highest BCUT2D eigenvalue weighted by molar-refractivity contribution is 5.11. The van der Waals surface area contributed by atoms with Crippen LogP contribution >= 0.6 is 0 Å². The summed E-state index contributed by atoms with van der Waals surface area (Å²) in [6, 6.07) is 3.25. The Morgan fingerprint density at radius 2 is 1.95 bits per heavy atom. The second-order valence-electron chi connectivity index (χ2n) is 7.56. The highest BCUT2D eigenvalue weighted by atomic mass is 15.2. The molecule has 3 fully saturated rings. The summed E-state index contributed by atoms with van der Waals surface area (Å²) < 4.78 is 0. The number of nitrogens with one attached hydrogen (secondary N) is 1. The molecule has 1 aliphatic heterocycles. The van der Waals surface area contributed by atoms with Gasteiger partial charge in [0.1, 0.15) is 5.54 Å². The molecule has 3 nitrogen and oxygen atoms in total. The lowest BCUT2D eigenvalue weighted by molar-refractivity contribution is 0.0328. The summed E-state index contributed by atoms with van der Waals surface area (Å²) in [5, 5.41) is 13.1. The summed E-state index contributed by atoms with van der Waals surface area (Å²) in [5.74, 6) is 1.96. The summed E-state index contributed by atoms with van der Waals surface area (Å²) in [6.45, 7) is 5.61. The second kappa shape index (κ2) is 6.67. The van der Waals surface area contributed by atoms with Gasteiger partial charge in [0.15, 0.2) is 0 Å². The number of nitrogens with zero attached hydrogens (tertiary/aromatic N) is 2. The number of nitriles is 1. The van der Waals surface area contributed by atoms with Gasteiger partial charge in [-0.15, -0.1) is 0 Å². The van der Waals surface area contributed by atoms with Crippen LogP contribution in [-0.2, 0) is 0 Å². The zero-order chi connectivity index (χ0) is 14.7. The van der Waals surface area contributed by atoms with E-state index in [2.05, 4.69) is 23.2 Å². The first-order chi connectivity index (χ1) is 10.3. The van der Waals surface area contributed by atoms with E-state index in [0.29, 0.717) is 6.04 Å². The normalized spacial score (nSPS) is 41.2. The van der Waals surface area contributed by atoms with Gasteiger partial charge < -0.3 is 0 Å². The molecule has 2 aliphatic carbocycles. The van der Waals surface area contributed by atoms with Gasteiger partial charge in [0.05, 0.1) is 6.07 Å². The molecular formula is C18H31N3. The van der Waals surface area contributed by atoms with Crippen LogP contribution < -0.4 is 5.32 Å². The maximum atomic E-state index is 9.65. The minimum absolute atomic E-state index is 0.249. The van der Waals surface area contributed by atoms with Crippen molar-refractivity contribution >= 4 is 0 Å². The zero-order valence-corrected chi connectivity index (χ0v) is 13.6. The van der Waals surface area contributed by atoms with Gasteiger partial charge in [-0.2, -0.15) is 5.26 Å². The molecule has 118 valence electrons. The van der Waals surface area contributed by atoms with Gasteiger partial charge in [-0.25, -0.2) is 0 Å². The van der Waals surface area contributed by atoms with Crippen molar-refractivity contribution in [2.75, 3.05) is 19.6 Å². The van der Waals surface area contributed by atoms with Gasteiger partial charge in [0, 0.05) is 12.6 Å². The number of likely N-dealkylation sites (tertiary alicyclic amines) is 1. The summed E-state index contributed by atoms with van der Waals surface area (Å²) in [4.78, 5) is 2.75. The van der Waals surface area contributed by atoms with Crippen LogP contribution in [0.15, 0.2) is 0 Å². The number of hydrogen-bond acceptors (Lipinski definition) is 3. The van der Waals surface area contributed by atoms with Crippen LogP contribution in [0.2, 0.25) is 0 Å². The van der Waals surface area contributed by atoms with E-state index in [1.165, 1.54) is 58.0 Å². The van der Waals surface area contributed by atoms with Crippen LogP contribution in [0, 0.1) is 23.2 Å². The van der Waals surface area contributed by atoms with Crippen LogP contribution in [0.4, 0.5) is 0 Å². The molecule has 0 aromatic rings. The first kappa shape index (κ1) is 15.3. The molecule has 4 unspecified atom stereocenters. The van der Waals surface area contributed by atoms with Crippen molar-refractivity contribution in [3.63, 3.8) is 0 Å². The molecule has 0 aromatic heterocycles. The van der Waals surface area contributed by atoms with E-state index in [4.69, 9.17) is 0 Å². The second-order valence-corrected chi connectivity index (χ2v) is 7.56. The zero-order valence-electron chi connectivity index (χ0n) is 13.6. The lowest BCUT2D eigenvalue weighted by Crippen LogP contribution is -2.55. The number of piperidine rings is 1. The third-order valence-corrected chi connectivity index (χ3v) is 6.29. The van der Waals surface area contributed by atoms with Gasteiger partial charge in [-0.3, -0.25) is 10.2 Å².